The van der Waals surface area contributed by atoms with Gasteiger partial charge < -0.3 is 5.11 Å². The molecule has 0 aliphatic rings. The van der Waals surface area contributed by atoms with Gasteiger partial charge in [0, 0.05) is 17.0 Å². The number of hydrogen-bond acceptors (Lipinski definition) is 5. The van der Waals surface area contributed by atoms with E-state index in [1.165, 1.54) is 0 Å². The van der Waals surface area contributed by atoms with Crippen molar-refractivity contribution in [2.24, 2.45) is 0 Å². The molecule has 0 aromatic carbocycles. The highest BCUT2D eigenvalue weighted by Gasteiger charge is 2.31. The Kier molecular flexibility index (Phi) is 3.81. The fourth-order valence-electron chi connectivity index (χ4n) is 2.10. The molecule has 2 rings (SSSR count). The molecular weight excluding hydrogens is 280 g/mol. The summed E-state index contributed by atoms with van der Waals surface area (Å²) in [6, 6.07) is 1.58. The van der Waals surface area contributed by atoms with Gasteiger partial charge in [-0.15, -0.1) is 0 Å². The molecular formula is C16H22N4O2. The topological polar surface area (TPSA) is 91.8 Å². The van der Waals surface area contributed by atoms with Crippen LogP contribution in [0.4, 0.5) is 0 Å². The minimum atomic E-state index is -0.409. The van der Waals surface area contributed by atoms with Crippen LogP contribution in [0.25, 0.3) is 0 Å². The lowest BCUT2D eigenvalue weighted by Crippen LogP contribution is -2.24. The van der Waals surface area contributed by atoms with Crippen LogP contribution in [0, 0.1) is 0 Å². The maximum absolute atomic E-state index is 12.5. The molecule has 2 aromatic rings. The molecule has 118 valence electrons. The number of aromatic amines is 1. The van der Waals surface area contributed by atoms with Crippen molar-refractivity contribution in [2.45, 2.75) is 52.4 Å². The van der Waals surface area contributed by atoms with Gasteiger partial charge in [-0.2, -0.15) is 5.10 Å². The third kappa shape index (κ3) is 3.00. The summed E-state index contributed by atoms with van der Waals surface area (Å²) in [5.74, 6) is -0.254. The first-order valence-electron chi connectivity index (χ1n) is 7.18. The summed E-state index contributed by atoms with van der Waals surface area (Å²) in [6.45, 7) is 11.6. The van der Waals surface area contributed by atoms with Crippen LogP contribution in [0.2, 0.25) is 0 Å². The Morgan fingerprint density at radius 2 is 1.55 bits per heavy atom. The van der Waals surface area contributed by atoms with Gasteiger partial charge in [0.05, 0.1) is 11.4 Å². The Labute approximate surface area is 130 Å². The van der Waals surface area contributed by atoms with Crippen LogP contribution >= 0.6 is 0 Å². The molecule has 0 unspecified atom stereocenters. The van der Waals surface area contributed by atoms with E-state index < -0.39 is 10.8 Å². The van der Waals surface area contributed by atoms with Crippen molar-refractivity contribution in [1.29, 1.82) is 0 Å². The molecule has 2 aromatic heterocycles. The van der Waals surface area contributed by atoms with Crippen LogP contribution in [0.1, 0.15) is 69.2 Å². The summed E-state index contributed by atoms with van der Waals surface area (Å²) in [6.07, 6.45) is 1.57. The van der Waals surface area contributed by atoms with Gasteiger partial charge in [0.15, 0.2) is 5.75 Å². The van der Waals surface area contributed by atoms with E-state index in [2.05, 4.69) is 20.2 Å². The smallest absolute Gasteiger partial charge is 0.250 e. The van der Waals surface area contributed by atoms with Crippen LogP contribution in [0.15, 0.2) is 12.3 Å². The van der Waals surface area contributed by atoms with E-state index in [1.54, 1.807) is 12.3 Å². The number of hydrogen-bond donors (Lipinski definition) is 2. The predicted octanol–water partition coefficient (Wildman–Crippen LogP) is 2.73. The van der Waals surface area contributed by atoms with E-state index in [9.17, 15) is 9.90 Å². The molecule has 0 aliphatic heterocycles. The number of aromatic nitrogens is 4. The summed E-state index contributed by atoms with van der Waals surface area (Å²) >= 11 is 0. The van der Waals surface area contributed by atoms with Gasteiger partial charge in [-0.05, 0) is 6.07 Å². The Hall–Kier alpha value is -2.24. The van der Waals surface area contributed by atoms with Gasteiger partial charge >= 0.3 is 0 Å². The van der Waals surface area contributed by atoms with E-state index in [1.807, 2.05) is 41.5 Å². The van der Waals surface area contributed by atoms with Crippen molar-refractivity contribution in [3.8, 4) is 5.75 Å². The SMILES string of the molecule is CC(C)(C)c1nc(C(=O)c2cc[nH]n2)nc(C(C)(C)C)c1O. The minimum absolute atomic E-state index is 0.0542. The number of carbonyl (C=O) groups is 1. The van der Waals surface area contributed by atoms with Crippen molar-refractivity contribution < 1.29 is 9.90 Å². The Bertz CT molecular complexity index is 657. The van der Waals surface area contributed by atoms with E-state index in [0.29, 0.717) is 11.4 Å². The molecule has 0 aliphatic carbocycles. The maximum atomic E-state index is 12.5. The number of nitrogens with zero attached hydrogens (tertiary/aromatic N) is 3. The molecule has 2 N–H and O–H groups in total. The molecule has 0 saturated carbocycles. The standard InChI is InChI=1S/C16H22N4O2/c1-15(2,3)12-11(22)13(16(4,5)6)19-14(18-12)10(21)9-7-8-17-20-9/h7-8,22H,1-6H3,(H,17,20). The lowest BCUT2D eigenvalue weighted by Gasteiger charge is -2.25. The first-order valence-corrected chi connectivity index (χ1v) is 7.18. The van der Waals surface area contributed by atoms with Crippen LogP contribution < -0.4 is 0 Å². The molecule has 0 saturated heterocycles. The number of ketones is 1. The molecule has 0 bridgehead atoms. The second-order valence-electron chi connectivity index (χ2n) is 7.38. The zero-order valence-corrected chi connectivity index (χ0v) is 13.9. The van der Waals surface area contributed by atoms with E-state index in [4.69, 9.17) is 0 Å². The van der Waals surface area contributed by atoms with Gasteiger partial charge in [-0.3, -0.25) is 9.89 Å². The monoisotopic (exact) mass is 302 g/mol. The fourth-order valence-corrected chi connectivity index (χ4v) is 2.10. The minimum Gasteiger partial charge on any atom is -0.504 e. The summed E-state index contributed by atoms with van der Waals surface area (Å²) in [5, 5.41) is 17.0. The van der Waals surface area contributed by atoms with Gasteiger partial charge in [0.1, 0.15) is 5.69 Å². The Morgan fingerprint density at radius 1 is 1.05 bits per heavy atom. The van der Waals surface area contributed by atoms with Gasteiger partial charge in [0.25, 0.3) is 0 Å². The second-order valence-corrected chi connectivity index (χ2v) is 7.38. The van der Waals surface area contributed by atoms with Crippen molar-refractivity contribution in [3.63, 3.8) is 0 Å². The van der Waals surface area contributed by atoms with Gasteiger partial charge in [-0.25, -0.2) is 9.97 Å². The van der Waals surface area contributed by atoms with Crippen LogP contribution in [0.5, 0.6) is 5.75 Å². The summed E-state index contributed by atoms with van der Waals surface area (Å²) < 4.78 is 0. The summed E-state index contributed by atoms with van der Waals surface area (Å²) in [7, 11) is 0. The third-order valence-corrected chi connectivity index (χ3v) is 3.24. The molecule has 0 spiro atoms. The normalized spacial score (nSPS) is 12.5. The predicted molar refractivity (Wildman–Crippen MR) is 83.1 cm³/mol. The maximum Gasteiger partial charge on any atom is 0.250 e. The first-order chi connectivity index (χ1) is 10.0. The number of nitrogens with one attached hydrogen (secondary N) is 1. The largest absolute Gasteiger partial charge is 0.504 e. The summed E-state index contributed by atoms with van der Waals surface area (Å²) in [5.41, 5.74) is 0.365. The molecule has 22 heavy (non-hydrogen) atoms. The lowest BCUT2D eigenvalue weighted by atomic mass is 9.85. The third-order valence-electron chi connectivity index (χ3n) is 3.24. The van der Waals surface area contributed by atoms with Crippen molar-refractivity contribution in [3.05, 3.63) is 35.2 Å². The van der Waals surface area contributed by atoms with E-state index in [-0.39, 0.29) is 23.1 Å². The highest BCUT2D eigenvalue weighted by atomic mass is 16.3. The molecule has 6 nitrogen and oxygen atoms in total. The van der Waals surface area contributed by atoms with Crippen LogP contribution in [0.3, 0.4) is 0 Å². The highest BCUT2D eigenvalue weighted by molar-refractivity contribution is 6.05. The number of carbonyl (C=O) groups excluding carboxylic acids is 1. The van der Waals surface area contributed by atoms with Gasteiger partial charge in [-0.1, -0.05) is 41.5 Å². The zero-order valence-electron chi connectivity index (χ0n) is 13.9. The number of H-pyrrole nitrogens is 1. The van der Waals surface area contributed by atoms with Crippen molar-refractivity contribution >= 4 is 5.78 Å². The van der Waals surface area contributed by atoms with Crippen molar-refractivity contribution in [2.75, 3.05) is 0 Å². The van der Waals surface area contributed by atoms with Crippen LogP contribution in [-0.4, -0.2) is 31.1 Å². The number of aromatic hydroxyl groups is 1. The highest BCUT2D eigenvalue weighted by Crippen LogP contribution is 2.36. The Balaban J connectivity index is 2.68. The molecule has 0 atom stereocenters. The van der Waals surface area contributed by atoms with Gasteiger partial charge in [0.2, 0.25) is 11.6 Å². The number of rotatable bonds is 2. The summed E-state index contributed by atoms with van der Waals surface area (Å²) in [4.78, 5) is 21.1. The molecule has 0 radical (unpaired) electrons. The second kappa shape index (κ2) is 5.19. The molecule has 0 fully saturated rings. The molecule has 0 amide bonds. The fraction of sp³-hybridized carbons (Fsp3) is 0.500. The first kappa shape index (κ1) is 16.1. The zero-order chi connectivity index (χ0) is 16.7. The van der Waals surface area contributed by atoms with E-state index in [0.717, 1.165) is 0 Å². The molecule has 6 heteroatoms. The molecule has 2 heterocycles. The average molecular weight is 302 g/mol. The average Bonchev–Trinajstić information content (AvgIpc) is 2.89. The van der Waals surface area contributed by atoms with E-state index >= 15 is 0 Å². The quantitative estimate of drug-likeness (QED) is 0.832. The van der Waals surface area contributed by atoms with Crippen molar-refractivity contribution in [1.82, 2.24) is 20.2 Å². The lowest BCUT2D eigenvalue weighted by molar-refractivity contribution is 0.102. The Morgan fingerprint density at radius 3 is 1.91 bits per heavy atom. The van der Waals surface area contributed by atoms with Crippen LogP contribution in [-0.2, 0) is 10.8 Å².